The van der Waals surface area contributed by atoms with E-state index in [1.807, 2.05) is 30.5 Å². The molecular weight excluding hydrogens is 232 g/mol. The van der Waals surface area contributed by atoms with Gasteiger partial charge in [-0.15, -0.1) is 11.3 Å². The summed E-state index contributed by atoms with van der Waals surface area (Å²) in [6.45, 7) is 2.95. The van der Waals surface area contributed by atoms with Crippen LogP contribution in [0.3, 0.4) is 0 Å². The number of nitrogens with zero attached hydrogens (tertiary/aromatic N) is 1. The Morgan fingerprint density at radius 1 is 1.29 bits per heavy atom. The highest BCUT2D eigenvalue weighted by atomic mass is 32.1. The van der Waals surface area contributed by atoms with Gasteiger partial charge in [-0.05, 0) is 30.7 Å². The summed E-state index contributed by atoms with van der Waals surface area (Å²) in [6.07, 6.45) is 2.95. The molecule has 0 atom stereocenters. The molecule has 1 aromatic heterocycles. The Bertz CT molecular complexity index is 465. The molecule has 1 N–H and O–H groups in total. The molecule has 0 fully saturated rings. The molecule has 0 saturated heterocycles. The second kappa shape index (κ2) is 5.68. The number of methoxy groups -OCH3 is 1. The highest BCUT2D eigenvalue weighted by molar-refractivity contribution is 7.11. The first-order chi connectivity index (χ1) is 8.31. The normalized spacial score (nSPS) is 10.2. The van der Waals surface area contributed by atoms with Crippen molar-refractivity contribution in [1.82, 2.24) is 4.98 Å². The van der Waals surface area contributed by atoms with E-state index >= 15 is 0 Å². The molecule has 0 radical (unpaired) electrons. The third kappa shape index (κ3) is 3.20. The van der Waals surface area contributed by atoms with Gasteiger partial charge in [0.15, 0.2) is 0 Å². The van der Waals surface area contributed by atoms with Gasteiger partial charge in [-0.2, -0.15) is 0 Å². The van der Waals surface area contributed by atoms with E-state index in [2.05, 4.69) is 17.2 Å². The lowest BCUT2D eigenvalue weighted by Gasteiger charge is -2.05. The first-order valence-corrected chi connectivity index (χ1v) is 6.45. The van der Waals surface area contributed by atoms with Crippen LogP contribution < -0.4 is 10.1 Å². The topological polar surface area (TPSA) is 34.2 Å². The second-order valence-electron chi connectivity index (χ2n) is 3.66. The molecule has 0 aliphatic rings. The molecule has 0 unspecified atom stereocenters. The number of anilines is 1. The van der Waals surface area contributed by atoms with E-state index in [1.165, 1.54) is 9.88 Å². The lowest BCUT2D eigenvalue weighted by molar-refractivity contribution is 0.415. The van der Waals surface area contributed by atoms with Crippen molar-refractivity contribution in [3.05, 3.63) is 40.3 Å². The van der Waals surface area contributed by atoms with Crippen molar-refractivity contribution in [2.24, 2.45) is 0 Å². The number of rotatable bonds is 5. The van der Waals surface area contributed by atoms with Gasteiger partial charge >= 0.3 is 0 Å². The van der Waals surface area contributed by atoms with Gasteiger partial charge in [0.1, 0.15) is 5.75 Å². The summed E-state index contributed by atoms with van der Waals surface area (Å²) in [5.41, 5.74) is 1.09. The van der Waals surface area contributed by atoms with Gasteiger partial charge in [0.2, 0.25) is 0 Å². The molecule has 3 nitrogen and oxygen atoms in total. The number of nitrogens with one attached hydrogen (secondary N) is 1. The minimum Gasteiger partial charge on any atom is -0.497 e. The Morgan fingerprint density at radius 2 is 2.06 bits per heavy atom. The van der Waals surface area contributed by atoms with Crippen LogP contribution in [-0.2, 0) is 13.0 Å². The van der Waals surface area contributed by atoms with E-state index < -0.39 is 0 Å². The fourth-order valence-electron chi connectivity index (χ4n) is 1.49. The first-order valence-electron chi connectivity index (χ1n) is 5.63. The van der Waals surface area contributed by atoms with Crippen molar-refractivity contribution in [2.75, 3.05) is 12.4 Å². The zero-order valence-corrected chi connectivity index (χ0v) is 10.9. The van der Waals surface area contributed by atoms with E-state index in [9.17, 15) is 0 Å². The maximum Gasteiger partial charge on any atom is 0.119 e. The van der Waals surface area contributed by atoms with E-state index in [4.69, 9.17) is 4.74 Å². The van der Waals surface area contributed by atoms with Gasteiger partial charge in [-0.3, -0.25) is 0 Å². The molecule has 0 bridgehead atoms. The van der Waals surface area contributed by atoms with Gasteiger partial charge in [0.25, 0.3) is 0 Å². The van der Waals surface area contributed by atoms with Gasteiger partial charge in [-0.1, -0.05) is 6.92 Å². The summed E-state index contributed by atoms with van der Waals surface area (Å²) in [5, 5.41) is 4.56. The largest absolute Gasteiger partial charge is 0.497 e. The summed E-state index contributed by atoms with van der Waals surface area (Å²) in [5.74, 6) is 0.876. The van der Waals surface area contributed by atoms with Crippen molar-refractivity contribution in [2.45, 2.75) is 19.9 Å². The molecule has 0 aliphatic heterocycles. The van der Waals surface area contributed by atoms with Gasteiger partial charge < -0.3 is 10.1 Å². The van der Waals surface area contributed by atoms with Crippen LogP contribution in [-0.4, -0.2) is 12.1 Å². The van der Waals surface area contributed by atoms with Crippen molar-refractivity contribution in [3.8, 4) is 5.75 Å². The SMILES string of the molecule is CCc1ncc(CNc2ccc(OC)cc2)s1. The molecule has 0 spiro atoms. The lowest BCUT2D eigenvalue weighted by atomic mass is 10.3. The standard InChI is InChI=1S/C13H16N2OS/c1-3-13-15-9-12(17-13)8-14-10-4-6-11(16-2)7-5-10/h4-7,9,14H,3,8H2,1-2H3. The Balaban J connectivity index is 1.92. The number of thiazole rings is 1. The average molecular weight is 248 g/mol. The second-order valence-corrected chi connectivity index (χ2v) is 4.86. The predicted octanol–water partition coefficient (Wildman–Crippen LogP) is 3.33. The van der Waals surface area contributed by atoms with Crippen LogP contribution in [0.25, 0.3) is 0 Å². The molecule has 90 valence electrons. The van der Waals surface area contributed by atoms with E-state index in [0.29, 0.717) is 0 Å². The maximum absolute atomic E-state index is 5.11. The number of hydrogen-bond donors (Lipinski definition) is 1. The Kier molecular flexibility index (Phi) is 3.98. The van der Waals surface area contributed by atoms with Crippen LogP contribution in [0.1, 0.15) is 16.8 Å². The first kappa shape index (κ1) is 11.9. The number of hydrogen-bond acceptors (Lipinski definition) is 4. The predicted molar refractivity (Wildman–Crippen MR) is 71.8 cm³/mol. The number of aryl methyl sites for hydroxylation is 1. The summed E-state index contributed by atoms with van der Waals surface area (Å²) in [7, 11) is 1.67. The minimum atomic E-state index is 0.823. The Morgan fingerprint density at radius 3 is 2.65 bits per heavy atom. The summed E-state index contributed by atoms with van der Waals surface area (Å²) in [6, 6.07) is 7.93. The van der Waals surface area contributed by atoms with E-state index in [1.54, 1.807) is 18.4 Å². The average Bonchev–Trinajstić information content (AvgIpc) is 2.85. The summed E-state index contributed by atoms with van der Waals surface area (Å²) < 4.78 is 5.11. The number of benzene rings is 1. The molecule has 17 heavy (non-hydrogen) atoms. The Labute approximate surface area is 105 Å². The van der Waals surface area contributed by atoms with Crippen molar-refractivity contribution in [1.29, 1.82) is 0 Å². The molecule has 0 saturated carbocycles. The fourth-order valence-corrected chi connectivity index (χ4v) is 2.29. The van der Waals surface area contributed by atoms with Gasteiger partial charge in [0, 0.05) is 16.8 Å². The molecule has 1 aromatic carbocycles. The molecule has 1 heterocycles. The minimum absolute atomic E-state index is 0.823. The molecule has 4 heteroatoms. The summed E-state index contributed by atoms with van der Waals surface area (Å²) in [4.78, 5) is 5.59. The van der Waals surface area contributed by atoms with Crippen LogP contribution in [0.2, 0.25) is 0 Å². The van der Waals surface area contributed by atoms with Crippen molar-refractivity contribution < 1.29 is 4.74 Å². The zero-order valence-electron chi connectivity index (χ0n) is 10.1. The highest BCUT2D eigenvalue weighted by Gasteiger charge is 2.00. The van der Waals surface area contributed by atoms with Gasteiger partial charge in [-0.25, -0.2) is 4.98 Å². The third-order valence-electron chi connectivity index (χ3n) is 2.46. The Hall–Kier alpha value is -1.55. The van der Waals surface area contributed by atoms with Crippen LogP contribution in [0.4, 0.5) is 5.69 Å². The molecule has 2 aromatic rings. The molecule has 2 rings (SSSR count). The maximum atomic E-state index is 5.11. The van der Waals surface area contributed by atoms with Crippen molar-refractivity contribution in [3.63, 3.8) is 0 Å². The monoisotopic (exact) mass is 248 g/mol. The quantitative estimate of drug-likeness (QED) is 0.881. The third-order valence-corrected chi connectivity index (χ3v) is 3.60. The lowest BCUT2D eigenvalue weighted by Crippen LogP contribution is -1.97. The molecule has 0 amide bonds. The smallest absolute Gasteiger partial charge is 0.119 e. The molecular formula is C13H16N2OS. The molecule has 0 aliphatic carbocycles. The van der Waals surface area contributed by atoms with Crippen LogP contribution >= 0.6 is 11.3 Å². The van der Waals surface area contributed by atoms with Crippen LogP contribution in [0, 0.1) is 0 Å². The number of ether oxygens (including phenoxy) is 1. The van der Waals surface area contributed by atoms with E-state index in [0.717, 1.165) is 24.4 Å². The van der Waals surface area contributed by atoms with Gasteiger partial charge in [0.05, 0.1) is 18.7 Å². The zero-order chi connectivity index (χ0) is 12.1. The van der Waals surface area contributed by atoms with Crippen LogP contribution in [0.5, 0.6) is 5.75 Å². The van der Waals surface area contributed by atoms with Crippen molar-refractivity contribution >= 4 is 17.0 Å². The number of aromatic nitrogens is 1. The highest BCUT2D eigenvalue weighted by Crippen LogP contribution is 2.18. The van der Waals surface area contributed by atoms with E-state index in [-0.39, 0.29) is 0 Å². The summed E-state index contributed by atoms with van der Waals surface area (Å²) >= 11 is 1.76. The van der Waals surface area contributed by atoms with Crippen LogP contribution in [0.15, 0.2) is 30.5 Å². The fraction of sp³-hybridized carbons (Fsp3) is 0.308.